The van der Waals surface area contributed by atoms with E-state index < -0.39 is 36.2 Å². The molecule has 1 aliphatic carbocycles. The van der Waals surface area contributed by atoms with Crippen LogP contribution in [0.1, 0.15) is 29.5 Å². The summed E-state index contributed by atoms with van der Waals surface area (Å²) < 4.78 is 11.3. The second-order valence-corrected chi connectivity index (χ2v) is 10.1. The zero-order chi connectivity index (χ0) is 28.6. The lowest BCUT2D eigenvalue weighted by atomic mass is 9.98. The predicted octanol–water partition coefficient (Wildman–Crippen LogP) is 3.63. The minimum absolute atomic E-state index is 0.0955. The van der Waals surface area contributed by atoms with Crippen LogP contribution in [-0.4, -0.2) is 73.4 Å². The van der Waals surface area contributed by atoms with Gasteiger partial charge in [0.05, 0.1) is 12.7 Å². The highest BCUT2D eigenvalue weighted by molar-refractivity contribution is 5.89. The van der Waals surface area contributed by atoms with Crippen LogP contribution in [0.15, 0.2) is 78.9 Å². The Morgan fingerprint density at radius 2 is 1.45 bits per heavy atom. The lowest BCUT2D eigenvalue weighted by molar-refractivity contribution is -0.146. The van der Waals surface area contributed by atoms with Gasteiger partial charge in [-0.2, -0.15) is 0 Å². The number of likely N-dealkylation sites (N-methyl/N-ethyl adjacent to an activating group) is 1. The molecule has 4 rings (SSSR count). The molecule has 0 aliphatic heterocycles. The first kappa shape index (κ1) is 28.8. The summed E-state index contributed by atoms with van der Waals surface area (Å²) in [5.74, 6) is -2.01. The van der Waals surface area contributed by atoms with Gasteiger partial charge in [-0.3, -0.25) is 4.79 Å². The third-order valence-corrected chi connectivity index (χ3v) is 6.89. The number of carbonyl (C=O) groups excluding carboxylic acids is 2. The Bertz CT molecular complexity index is 1280. The molecule has 0 unspecified atom stereocenters. The van der Waals surface area contributed by atoms with E-state index in [9.17, 15) is 19.5 Å². The van der Waals surface area contributed by atoms with E-state index in [0.717, 1.165) is 27.8 Å². The Morgan fingerprint density at radius 1 is 0.875 bits per heavy atom. The maximum atomic E-state index is 13.2. The van der Waals surface area contributed by atoms with Crippen molar-refractivity contribution in [1.82, 2.24) is 15.5 Å². The van der Waals surface area contributed by atoms with Gasteiger partial charge in [0.15, 0.2) is 6.04 Å². The third-order valence-electron chi connectivity index (χ3n) is 6.89. The van der Waals surface area contributed by atoms with Gasteiger partial charge in [-0.1, -0.05) is 78.9 Å². The van der Waals surface area contributed by atoms with Gasteiger partial charge >= 0.3 is 12.1 Å². The molecule has 0 saturated carbocycles. The molecule has 3 aromatic carbocycles. The highest BCUT2D eigenvalue weighted by Crippen LogP contribution is 2.44. The molecular weight excluding hydrogens is 510 g/mol. The maximum absolute atomic E-state index is 13.2. The van der Waals surface area contributed by atoms with Crippen molar-refractivity contribution in [3.63, 3.8) is 0 Å². The maximum Gasteiger partial charge on any atom is 0.407 e. The van der Waals surface area contributed by atoms with Crippen molar-refractivity contribution < 1.29 is 29.0 Å². The number of carboxylic acids is 1. The van der Waals surface area contributed by atoms with Crippen LogP contribution in [0.25, 0.3) is 11.1 Å². The van der Waals surface area contributed by atoms with E-state index >= 15 is 0 Å². The van der Waals surface area contributed by atoms with Crippen LogP contribution >= 0.6 is 0 Å². The summed E-state index contributed by atoms with van der Waals surface area (Å²) in [6, 6.07) is 23.0. The number of alkyl carbamates (subject to hydrolysis) is 1. The van der Waals surface area contributed by atoms with Gasteiger partial charge in [0, 0.05) is 12.5 Å². The second-order valence-electron chi connectivity index (χ2n) is 10.1. The Kier molecular flexibility index (Phi) is 9.52. The summed E-state index contributed by atoms with van der Waals surface area (Å²) in [7, 11) is 3.50. The number of benzene rings is 3. The van der Waals surface area contributed by atoms with E-state index in [1.807, 2.05) is 66.7 Å². The van der Waals surface area contributed by atoms with Crippen LogP contribution < -0.4 is 10.6 Å². The number of amides is 2. The number of hydrogen-bond donors (Lipinski definition) is 3. The minimum atomic E-state index is -1.31. The highest BCUT2D eigenvalue weighted by atomic mass is 16.5. The van der Waals surface area contributed by atoms with Gasteiger partial charge in [0.2, 0.25) is 5.91 Å². The molecule has 3 aromatic rings. The molecule has 0 spiro atoms. The molecule has 0 heterocycles. The summed E-state index contributed by atoms with van der Waals surface area (Å²) >= 11 is 0. The lowest BCUT2D eigenvalue weighted by Crippen LogP contribution is -2.57. The van der Waals surface area contributed by atoms with E-state index in [2.05, 4.69) is 22.8 Å². The number of ether oxygens (including phenoxy) is 2. The fourth-order valence-electron chi connectivity index (χ4n) is 4.87. The average molecular weight is 546 g/mol. The molecule has 0 bridgehead atoms. The highest BCUT2D eigenvalue weighted by Gasteiger charge is 2.33. The van der Waals surface area contributed by atoms with Crippen LogP contribution in [0.3, 0.4) is 0 Å². The molecule has 3 N–H and O–H groups in total. The first-order valence-electron chi connectivity index (χ1n) is 13.2. The van der Waals surface area contributed by atoms with Crippen molar-refractivity contribution in [3.8, 4) is 11.1 Å². The van der Waals surface area contributed by atoms with Gasteiger partial charge < -0.3 is 30.1 Å². The van der Waals surface area contributed by atoms with E-state index in [1.165, 1.54) is 0 Å². The number of carboxylic acid groups (broad SMARTS) is 1. The van der Waals surface area contributed by atoms with Crippen LogP contribution in [0, 0.1) is 0 Å². The Hall–Kier alpha value is -4.21. The van der Waals surface area contributed by atoms with E-state index in [0.29, 0.717) is 0 Å². The summed E-state index contributed by atoms with van der Waals surface area (Å²) in [6.45, 7) is 2.02. The zero-order valence-electron chi connectivity index (χ0n) is 22.9. The van der Waals surface area contributed by atoms with Crippen LogP contribution in [0.4, 0.5) is 4.79 Å². The molecular formula is C31H35N3O6. The molecule has 9 heteroatoms. The van der Waals surface area contributed by atoms with E-state index in [1.54, 1.807) is 25.9 Å². The van der Waals surface area contributed by atoms with Crippen LogP contribution in [0.5, 0.6) is 0 Å². The largest absolute Gasteiger partial charge is 0.480 e. The van der Waals surface area contributed by atoms with Crippen LogP contribution in [0.2, 0.25) is 0 Å². The van der Waals surface area contributed by atoms with Crippen LogP contribution in [-0.2, 0) is 25.7 Å². The topological polar surface area (TPSA) is 117 Å². The van der Waals surface area contributed by atoms with E-state index in [4.69, 9.17) is 9.47 Å². The number of carbonyl (C=O) groups is 3. The normalized spacial score (nSPS) is 14.5. The van der Waals surface area contributed by atoms with Gasteiger partial charge in [-0.05, 0) is 48.8 Å². The first-order chi connectivity index (χ1) is 19.2. The summed E-state index contributed by atoms with van der Waals surface area (Å²) in [4.78, 5) is 39.7. The fraction of sp³-hybridized carbons (Fsp3) is 0.323. The smallest absolute Gasteiger partial charge is 0.407 e. The number of fused-ring (bicyclic) bond motifs is 3. The van der Waals surface area contributed by atoms with E-state index in [-0.39, 0.29) is 25.7 Å². The molecule has 1 aliphatic rings. The number of aliphatic carboxylic acids is 1. The van der Waals surface area contributed by atoms with Gasteiger partial charge in [-0.15, -0.1) is 0 Å². The second kappa shape index (κ2) is 13.2. The third kappa shape index (κ3) is 7.05. The molecule has 0 fully saturated rings. The summed E-state index contributed by atoms with van der Waals surface area (Å²) in [6.07, 6.45) is -1.58. The van der Waals surface area contributed by atoms with Crippen molar-refractivity contribution in [2.75, 3.05) is 27.2 Å². The molecule has 0 aromatic heterocycles. The number of hydrogen-bond acceptors (Lipinski definition) is 6. The Labute approximate surface area is 234 Å². The molecule has 0 radical (unpaired) electrons. The van der Waals surface area contributed by atoms with Crippen molar-refractivity contribution in [2.45, 2.75) is 37.6 Å². The van der Waals surface area contributed by atoms with Crippen molar-refractivity contribution >= 4 is 18.0 Å². The minimum Gasteiger partial charge on any atom is -0.480 e. The molecule has 2 amide bonds. The summed E-state index contributed by atoms with van der Waals surface area (Å²) in [5, 5.41) is 14.9. The van der Waals surface area contributed by atoms with Gasteiger partial charge in [-0.25, -0.2) is 9.59 Å². The zero-order valence-corrected chi connectivity index (χ0v) is 22.9. The molecule has 3 atom stereocenters. The number of rotatable bonds is 12. The number of nitrogens with one attached hydrogen (secondary N) is 2. The summed E-state index contributed by atoms with van der Waals surface area (Å²) in [5.41, 5.74) is 5.26. The average Bonchev–Trinajstić information content (AvgIpc) is 3.26. The van der Waals surface area contributed by atoms with Crippen molar-refractivity contribution in [3.05, 3.63) is 95.6 Å². The predicted molar refractivity (Wildman–Crippen MR) is 151 cm³/mol. The first-order valence-corrected chi connectivity index (χ1v) is 13.2. The standard InChI is InChI=1S/C31H35N3O6/c1-20(39-18-21-11-5-4-6-12-21)28(30(36)37)33-29(35)27(17-34(2)3)32-31(38)40-19-26-24-15-9-7-13-22(24)23-14-8-10-16-25(23)26/h4-16,20,26-28H,17-19H2,1-3H3,(H,32,38)(H,33,35)(H,36,37)/t20-,27-,28+/m0/s1. The Morgan fingerprint density at radius 3 is 2.02 bits per heavy atom. The monoisotopic (exact) mass is 545 g/mol. The fourth-order valence-corrected chi connectivity index (χ4v) is 4.87. The molecule has 210 valence electrons. The molecule has 0 saturated heterocycles. The Balaban J connectivity index is 1.38. The van der Waals surface area contributed by atoms with Gasteiger partial charge in [0.25, 0.3) is 0 Å². The van der Waals surface area contributed by atoms with Crippen molar-refractivity contribution in [2.24, 2.45) is 0 Å². The van der Waals surface area contributed by atoms with Gasteiger partial charge in [0.1, 0.15) is 12.6 Å². The quantitative estimate of drug-likeness (QED) is 0.318. The lowest BCUT2D eigenvalue weighted by Gasteiger charge is -2.26. The molecule has 40 heavy (non-hydrogen) atoms. The molecule has 9 nitrogen and oxygen atoms in total. The number of nitrogens with zero attached hydrogens (tertiary/aromatic N) is 1. The van der Waals surface area contributed by atoms with Crippen molar-refractivity contribution in [1.29, 1.82) is 0 Å². The SMILES string of the molecule is C[C@H](OCc1ccccc1)[C@@H](NC(=O)[C@H](CN(C)C)NC(=O)OCC1c2ccccc2-c2ccccc21)C(=O)O.